The number of rotatable bonds is 3. The Kier molecular flexibility index (Phi) is 3.14. The van der Waals surface area contributed by atoms with E-state index in [1.165, 1.54) is 31.5 Å². The zero-order valence-corrected chi connectivity index (χ0v) is 8.38. The van der Waals surface area contributed by atoms with Crippen LogP contribution >= 0.6 is 0 Å². The molecule has 0 aromatic heterocycles. The van der Waals surface area contributed by atoms with Gasteiger partial charge in [-0.25, -0.2) is 4.39 Å². The quantitative estimate of drug-likeness (QED) is 0.713. The Morgan fingerprint density at radius 3 is 2.57 bits per heavy atom. The number of nitrogens with zero attached hydrogens (tertiary/aromatic N) is 1. The molecule has 1 saturated heterocycles. The van der Waals surface area contributed by atoms with Gasteiger partial charge in [0.2, 0.25) is 0 Å². The molecule has 2 rings (SSSR count). The maximum Gasteiger partial charge on any atom is 0.115 e. The third-order valence-corrected chi connectivity index (χ3v) is 2.75. The Hall–Kier alpha value is -0.890. The average Bonchev–Trinajstić information content (AvgIpc) is 2.71. The van der Waals surface area contributed by atoms with Crippen molar-refractivity contribution in [2.75, 3.05) is 13.1 Å². The van der Waals surface area contributed by atoms with Gasteiger partial charge < -0.3 is 0 Å². The fourth-order valence-electron chi connectivity index (χ4n) is 2.01. The zero-order chi connectivity index (χ0) is 9.80. The van der Waals surface area contributed by atoms with Gasteiger partial charge in [0.05, 0.1) is 0 Å². The summed E-state index contributed by atoms with van der Waals surface area (Å²) < 4.78 is 12.4. The number of hydrogen-bond acceptors (Lipinski definition) is 1. The van der Waals surface area contributed by atoms with Crippen molar-refractivity contribution in [2.24, 2.45) is 0 Å². The first-order chi connectivity index (χ1) is 6.88. The molecule has 0 radical (unpaired) electrons. The van der Waals surface area contributed by atoms with Crippen molar-refractivity contribution in [1.82, 2.24) is 4.90 Å². The Morgan fingerprint density at radius 1 is 1.14 bits per heavy atom. The van der Waals surface area contributed by atoms with Crippen molar-refractivity contribution in [3.05, 3.63) is 35.4 Å². The molecule has 0 amide bonds. The van der Waals surface area contributed by atoms with Gasteiger partial charge in [-0.1, -0.05) is 24.3 Å². The molecule has 76 valence electrons. The van der Waals surface area contributed by atoms with E-state index in [9.17, 15) is 4.39 Å². The van der Waals surface area contributed by atoms with Gasteiger partial charge >= 0.3 is 0 Å². The molecule has 2 heteroatoms. The van der Waals surface area contributed by atoms with Gasteiger partial charge in [0, 0.05) is 6.54 Å². The molecule has 1 fully saturated rings. The summed E-state index contributed by atoms with van der Waals surface area (Å²) in [6, 6.07) is 7.84. The summed E-state index contributed by atoms with van der Waals surface area (Å²) in [5.74, 6) is 0. The first-order valence-corrected chi connectivity index (χ1v) is 5.24. The first-order valence-electron chi connectivity index (χ1n) is 5.24. The highest BCUT2D eigenvalue weighted by atomic mass is 19.1. The fourth-order valence-corrected chi connectivity index (χ4v) is 2.01. The Bertz CT molecular complexity index is 292. The summed E-state index contributed by atoms with van der Waals surface area (Å²) in [7, 11) is 0. The predicted octanol–water partition coefficient (Wildman–Crippen LogP) is 2.75. The SMILES string of the molecule is FCc1cccc(CN2CCCC2)c1. The van der Waals surface area contributed by atoms with E-state index in [4.69, 9.17) is 0 Å². The second-order valence-electron chi connectivity index (χ2n) is 3.94. The molecule has 1 nitrogen and oxygen atoms in total. The van der Waals surface area contributed by atoms with Crippen LogP contribution in [0, 0.1) is 0 Å². The van der Waals surface area contributed by atoms with Crippen LogP contribution in [0.5, 0.6) is 0 Å². The van der Waals surface area contributed by atoms with Crippen molar-refractivity contribution in [1.29, 1.82) is 0 Å². The van der Waals surface area contributed by atoms with Crippen LogP contribution in [-0.4, -0.2) is 18.0 Å². The van der Waals surface area contributed by atoms with Gasteiger partial charge in [-0.15, -0.1) is 0 Å². The van der Waals surface area contributed by atoms with Gasteiger partial charge in [-0.2, -0.15) is 0 Å². The average molecular weight is 193 g/mol. The standard InChI is InChI=1S/C12H16FN/c13-9-11-4-3-5-12(8-11)10-14-6-1-2-7-14/h3-5,8H,1-2,6-7,9-10H2. The van der Waals surface area contributed by atoms with Crippen LogP contribution in [0.1, 0.15) is 24.0 Å². The van der Waals surface area contributed by atoms with Gasteiger partial charge in [-0.3, -0.25) is 4.90 Å². The summed E-state index contributed by atoms with van der Waals surface area (Å²) >= 11 is 0. The molecule has 1 aliphatic rings. The third kappa shape index (κ3) is 2.32. The van der Waals surface area contributed by atoms with Crippen molar-refractivity contribution in [3.8, 4) is 0 Å². The molecular formula is C12H16FN. The normalized spacial score (nSPS) is 17.5. The summed E-state index contributed by atoms with van der Waals surface area (Å²) in [4.78, 5) is 2.43. The van der Waals surface area contributed by atoms with Crippen LogP contribution in [-0.2, 0) is 13.2 Å². The molecule has 1 aromatic rings. The minimum absolute atomic E-state index is 0.353. The van der Waals surface area contributed by atoms with Crippen LogP contribution in [0.15, 0.2) is 24.3 Å². The molecule has 1 aliphatic heterocycles. The number of halogens is 1. The van der Waals surface area contributed by atoms with E-state index in [0.717, 1.165) is 12.1 Å². The number of likely N-dealkylation sites (tertiary alicyclic amines) is 1. The molecule has 0 atom stereocenters. The van der Waals surface area contributed by atoms with E-state index in [1.54, 1.807) is 0 Å². The highest BCUT2D eigenvalue weighted by molar-refractivity contribution is 5.22. The summed E-state index contributed by atoms with van der Waals surface area (Å²) in [6.07, 6.45) is 2.62. The molecular weight excluding hydrogens is 177 g/mol. The third-order valence-electron chi connectivity index (χ3n) is 2.75. The van der Waals surface area contributed by atoms with Crippen molar-refractivity contribution < 1.29 is 4.39 Å². The molecule has 0 bridgehead atoms. The van der Waals surface area contributed by atoms with Gasteiger partial charge in [0.25, 0.3) is 0 Å². The Morgan fingerprint density at radius 2 is 1.86 bits per heavy atom. The van der Waals surface area contributed by atoms with Crippen LogP contribution in [0.3, 0.4) is 0 Å². The summed E-state index contributed by atoms with van der Waals surface area (Å²) in [6.45, 7) is 3.02. The molecule has 0 N–H and O–H groups in total. The second-order valence-corrected chi connectivity index (χ2v) is 3.94. The Balaban J connectivity index is 2.00. The smallest absolute Gasteiger partial charge is 0.115 e. The number of benzene rings is 1. The number of alkyl halides is 1. The van der Waals surface area contributed by atoms with E-state index in [0.29, 0.717) is 0 Å². The minimum atomic E-state index is -0.353. The molecule has 0 aliphatic carbocycles. The van der Waals surface area contributed by atoms with Crippen molar-refractivity contribution >= 4 is 0 Å². The van der Waals surface area contributed by atoms with Crippen molar-refractivity contribution in [2.45, 2.75) is 26.1 Å². The molecule has 14 heavy (non-hydrogen) atoms. The lowest BCUT2D eigenvalue weighted by Gasteiger charge is -2.14. The van der Waals surface area contributed by atoms with Crippen molar-refractivity contribution in [3.63, 3.8) is 0 Å². The van der Waals surface area contributed by atoms with Gasteiger partial charge in [0.1, 0.15) is 6.67 Å². The largest absolute Gasteiger partial charge is 0.299 e. The van der Waals surface area contributed by atoms with Crippen LogP contribution in [0.2, 0.25) is 0 Å². The lowest BCUT2D eigenvalue weighted by molar-refractivity contribution is 0.331. The predicted molar refractivity (Wildman–Crippen MR) is 55.8 cm³/mol. The van der Waals surface area contributed by atoms with Gasteiger partial charge in [0.15, 0.2) is 0 Å². The topological polar surface area (TPSA) is 3.24 Å². The fraction of sp³-hybridized carbons (Fsp3) is 0.500. The minimum Gasteiger partial charge on any atom is -0.299 e. The number of hydrogen-bond donors (Lipinski definition) is 0. The van der Waals surface area contributed by atoms with E-state index in [2.05, 4.69) is 11.0 Å². The highest BCUT2D eigenvalue weighted by Crippen LogP contribution is 2.14. The lowest BCUT2D eigenvalue weighted by Crippen LogP contribution is -2.18. The maximum atomic E-state index is 12.4. The molecule has 0 spiro atoms. The van der Waals surface area contributed by atoms with E-state index < -0.39 is 0 Å². The highest BCUT2D eigenvalue weighted by Gasteiger charge is 2.11. The Labute approximate surface area is 84.5 Å². The van der Waals surface area contributed by atoms with Crippen LogP contribution in [0.25, 0.3) is 0 Å². The second kappa shape index (κ2) is 4.56. The van der Waals surface area contributed by atoms with E-state index in [1.807, 2.05) is 18.2 Å². The molecule has 1 aromatic carbocycles. The summed E-state index contributed by atoms with van der Waals surface area (Å²) in [5, 5.41) is 0. The van der Waals surface area contributed by atoms with E-state index >= 15 is 0 Å². The van der Waals surface area contributed by atoms with Crippen LogP contribution in [0.4, 0.5) is 4.39 Å². The van der Waals surface area contributed by atoms with Crippen LogP contribution < -0.4 is 0 Å². The van der Waals surface area contributed by atoms with E-state index in [-0.39, 0.29) is 6.67 Å². The summed E-state index contributed by atoms with van der Waals surface area (Å²) in [5.41, 5.74) is 2.03. The zero-order valence-electron chi connectivity index (χ0n) is 8.38. The lowest BCUT2D eigenvalue weighted by atomic mass is 10.1. The maximum absolute atomic E-state index is 12.4. The van der Waals surface area contributed by atoms with Gasteiger partial charge in [-0.05, 0) is 37.1 Å². The molecule has 0 unspecified atom stereocenters. The first kappa shape index (κ1) is 9.66. The molecule has 1 heterocycles. The molecule has 0 saturated carbocycles. The monoisotopic (exact) mass is 193 g/mol.